The number of ether oxygens (including phenoxy) is 1. The summed E-state index contributed by atoms with van der Waals surface area (Å²) in [6.07, 6.45) is 3.94. The van der Waals surface area contributed by atoms with Gasteiger partial charge in [-0.05, 0) is 31.4 Å². The molecular formula is C15H19FN2O2. The number of halogens is 1. The lowest BCUT2D eigenvalue weighted by Crippen LogP contribution is -2.44. The van der Waals surface area contributed by atoms with Crippen LogP contribution >= 0.6 is 0 Å². The summed E-state index contributed by atoms with van der Waals surface area (Å²) in [4.78, 5) is 0. The van der Waals surface area contributed by atoms with Gasteiger partial charge in [-0.1, -0.05) is 12.1 Å². The molecule has 1 aromatic carbocycles. The topological polar surface area (TPSA) is 60.4 Å². The molecule has 5 heteroatoms. The molecule has 0 bridgehead atoms. The van der Waals surface area contributed by atoms with Crippen LogP contribution in [-0.4, -0.2) is 12.7 Å². The van der Waals surface area contributed by atoms with Crippen molar-refractivity contribution >= 4 is 11.0 Å². The molecule has 1 fully saturated rings. The summed E-state index contributed by atoms with van der Waals surface area (Å²) in [7, 11) is 1.73. The van der Waals surface area contributed by atoms with Gasteiger partial charge in [-0.3, -0.25) is 5.84 Å². The van der Waals surface area contributed by atoms with E-state index < -0.39 is 0 Å². The summed E-state index contributed by atoms with van der Waals surface area (Å²) in [6.45, 7) is 0. The number of fused-ring (bicyclic) bond motifs is 1. The zero-order valence-electron chi connectivity index (χ0n) is 11.5. The van der Waals surface area contributed by atoms with Crippen molar-refractivity contribution in [2.75, 3.05) is 7.11 Å². The van der Waals surface area contributed by atoms with Gasteiger partial charge in [-0.15, -0.1) is 0 Å². The van der Waals surface area contributed by atoms with Crippen LogP contribution in [0.25, 0.3) is 11.0 Å². The Hall–Kier alpha value is -1.43. The summed E-state index contributed by atoms with van der Waals surface area (Å²) in [5.74, 6) is 5.94. The fraction of sp³-hybridized carbons (Fsp3) is 0.467. The fourth-order valence-electron chi connectivity index (χ4n) is 2.90. The number of hydrogen-bond acceptors (Lipinski definition) is 4. The Bertz CT molecular complexity index is 601. The largest absolute Gasteiger partial charge is 0.456 e. The van der Waals surface area contributed by atoms with Crippen LogP contribution in [0.3, 0.4) is 0 Å². The molecule has 3 N–H and O–H groups in total. The van der Waals surface area contributed by atoms with E-state index in [9.17, 15) is 4.39 Å². The maximum Gasteiger partial charge on any atom is 0.169 e. The van der Waals surface area contributed by atoms with Gasteiger partial charge in [0.25, 0.3) is 0 Å². The molecule has 0 aliphatic heterocycles. The Labute approximate surface area is 117 Å². The minimum Gasteiger partial charge on any atom is -0.456 e. The van der Waals surface area contributed by atoms with Crippen molar-refractivity contribution in [3.05, 3.63) is 35.8 Å². The Balaban J connectivity index is 1.89. The second-order valence-electron chi connectivity index (χ2n) is 5.47. The van der Waals surface area contributed by atoms with Crippen LogP contribution in [-0.2, 0) is 4.74 Å². The van der Waals surface area contributed by atoms with Gasteiger partial charge in [-0.2, -0.15) is 0 Å². The Kier molecular flexibility index (Phi) is 3.50. The van der Waals surface area contributed by atoms with Gasteiger partial charge < -0.3 is 9.15 Å². The maximum absolute atomic E-state index is 13.7. The first kappa shape index (κ1) is 13.5. The molecule has 1 aromatic heterocycles. The lowest BCUT2D eigenvalue weighted by Gasteiger charge is -2.42. The first-order chi connectivity index (χ1) is 9.67. The average molecular weight is 278 g/mol. The van der Waals surface area contributed by atoms with Crippen LogP contribution in [0.15, 0.2) is 28.7 Å². The van der Waals surface area contributed by atoms with Crippen molar-refractivity contribution in [3.8, 4) is 0 Å². The highest BCUT2D eigenvalue weighted by Crippen LogP contribution is 2.42. The predicted molar refractivity (Wildman–Crippen MR) is 74.4 cm³/mol. The van der Waals surface area contributed by atoms with Crippen molar-refractivity contribution in [1.82, 2.24) is 5.43 Å². The van der Waals surface area contributed by atoms with Crippen LogP contribution in [0.2, 0.25) is 0 Å². The molecule has 1 unspecified atom stereocenters. The molecule has 108 valence electrons. The van der Waals surface area contributed by atoms with Crippen molar-refractivity contribution in [1.29, 1.82) is 0 Å². The zero-order valence-corrected chi connectivity index (χ0v) is 11.5. The van der Waals surface area contributed by atoms with E-state index in [1.165, 1.54) is 12.5 Å². The third-order valence-electron chi connectivity index (χ3n) is 4.33. The summed E-state index contributed by atoms with van der Waals surface area (Å²) in [5, 5.41) is 0.750. The van der Waals surface area contributed by atoms with E-state index >= 15 is 0 Å². The Morgan fingerprint density at radius 2 is 2.30 bits per heavy atom. The molecule has 4 nitrogen and oxygen atoms in total. The van der Waals surface area contributed by atoms with Crippen LogP contribution in [0.5, 0.6) is 0 Å². The summed E-state index contributed by atoms with van der Waals surface area (Å²) in [5.41, 5.74) is 2.91. The minimum atomic E-state index is -0.352. The minimum absolute atomic E-state index is 0.130. The van der Waals surface area contributed by atoms with E-state index in [1.54, 1.807) is 13.2 Å². The molecule has 0 saturated heterocycles. The van der Waals surface area contributed by atoms with E-state index in [2.05, 4.69) is 5.43 Å². The lowest BCUT2D eigenvalue weighted by molar-refractivity contribution is -0.0849. The SMILES string of the molecule is COC1(CC(NN)c2cc3cccc(F)c3o2)CCC1. The number of hydrazine groups is 1. The van der Waals surface area contributed by atoms with Crippen LogP contribution in [0, 0.1) is 5.82 Å². The summed E-state index contributed by atoms with van der Waals surface area (Å²) >= 11 is 0. The van der Waals surface area contributed by atoms with Gasteiger partial charge in [0, 0.05) is 18.9 Å². The first-order valence-corrected chi connectivity index (χ1v) is 6.87. The first-order valence-electron chi connectivity index (χ1n) is 6.87. The van der Waals surface area contributed by atoms with Gasteiger partial charge in [0.1, 0.15) is 5.76 Å². The number of nitrogens with one attached hydrogen (secondary N) is 1. The van der Waals surface area contributed by atoms with E-state index in [0.717, 1.165) is 24.6 Å². The number of furan rings is 1. The standard InChI is InChI=1S/C15H19FN2O2/c1-19-15(6-3-7-15)9-12(18-17)13-8-10-4-2-5-11(16)14(10)20-13/h2,4-5,8,12,18H,3,6-7,9,17H2,1H3. The monoisotopic (exact) mass is 278 g/mol. The molecule has 20 heavy (non-hydrogen) atoms. The highest BCUT2D eigenvalue weighted by Gasteiger charge is 2.40. The number of para-hydroxylation sites is 1. The molecule has 0 radical (unpaired) electrons. The zero-order chi connectivity index (χ0) is 14.2. The molecule has 1 heterocycles. The van der Waals surface area contributed by atoms with E-state index in [1.807, 2.05) is 12.1 Å². The molecular weight excluding hydrogens is 259 g/mol. The number of benzene rings is 1. The smallest absolute Gasteiger partial charge is 0.169 e. The second-order valence-corrected chi connectivity index (χ2v) is 5.47. The number of rotatable bonds is 5. The van der Waals surface area contributed by atoms with Gasteiger partial charge >= 0.3 is 0 Å². The van der Waals surface area contributed by atoms with Crippen LogP contribution in [0.1, 0.15) is 37.5 Å². The average Bonchev–Trinajstić information content (AvgIpc) is 2.84. The van der Waals surface area contributed by atoms with E-state index in [0.29, 0.717) is 5.76 Å². The Morgan fingerprint density at radius 3 is 2.85 bits per heavy atom. The molecule has 1 aliphatic carbocycles. The summed E-state index contributed by atoms with van der Waals surface area (Å²) < 4.78 is 24.9. The van der Waals surface area contributed by atoms with E-state index in [-0.39, 0.29) is 23.0 Å². The Morgan fingerprint density at radius 1 is 1.50 bits per heavy atom. The van der Waals surface area contributed by atoms with Gasteiger partial charge in [-0.25, -0.2) is 9.82 Å². The molecule has 1 saturated carbocycles. The third kappa shape index (κ3) is 2.22. The van der Waals surface area contributed by atoms with Crippen LogP contribution < -0.4 is 11.3 Å². The van der Waals surface area contributed by atoms with Gasteiger partial charge in [0.15, 0.2) is 11.4 Å². The highest BCUT2D eigenvalue weighted by atomic mass is 19.1. The number of hydrogen-bond donors (Lipinski definition) is 2. The van der Waals surface area contributed by atoms with Crippen molar-refractivity contribution in [2.45, 2.75) is 37.3 Å². The van der Waals surface area contributed by atoms with Gasteiger partial charge in [0.2, 0.25) is 0 Å². The third-order valence-corrected chi connectivity index (χ3v) is 4.33. The van der Waals surface area contributed by atoms with Crippen molar-refractivity contribution in [2.24, 2.45) is 5.84 Å². The van der Waals surface area contributed by atoms with E-state index in [4.69, 9.17) is 15.0 Å². The molecule has 3 rings (SSSR count). The highest BCUT2D eigenvalue weighted by molar-refractivity contribution is 5.78. The lowest BCUT2D eigenvalue weighted by atomic mass is 9.75. The molecule has 0 spiro atoms. The summed E-state index contributed by atoms with van der Waals surface area (Å²) in [6, 6.07) is 6.55. The van der Waals surface area contributed by atoms with Gasteiger partial charge in [0.05, 0.1) is 11.6 Å². The molecule has 2 aromatic rings. The van der Waals surface area contributed by atoms with Crippen molar-refractivity contribution in [3.63, 3.8) is 0 Å². The quantitative estimate of drug-likeness (QED) is 0.652. The molecule has 0 amide bonds. The number of nitrogens with two attached hydrogens (primary N) is 1. The molecule has 1 aliphatic rings. The predicted octanol–water partition coefficient (Wildman–Crippen LogP) is 3.04. The number of methoxy groups -OCH3 is 1. The van der Waals surface area contributed by atoms with Crippen molar-refractivity contribution < 1.29 is 13.5 Å². The molecule has 1 atom stereocenters. The maximum atomic E-state index is 13.7. The van der Waals surface area contributed by atoms with Crippen LogP contribution in [0.4, 0.5) is 4.39 Å². The normalized spacial score (nSPS) is 18.9. The fourth-order valence-corrected chi connectivity index (χ4v) is 2.90. The second kappa shape index (κ2) is 5.16.